The van der Waals surface area contributed by atoms with Gasteiger partial charge < -0.3 is 9.47 Å². The molecule has 0 N–H and O–H groups in total. The highest BCUT2D eigenvalue weighted by molar-refractivity contribution is 5.79. The maximum Gasteiger partial charge on any atom is 0.101 e. The highest BCUT2D eigenvalue weighted by atomic mass is 15.3. The lowest BCUT2D eigenvalue weighted by molar-refractivity contribution is 0.213. The third-order valence-electron chi connectivity index (χ3n) is 11.5. The number of benzene rings is 1. The summed E-state index contributed by atoms with van der Waals surface area (Å²) in [6, 6.07) is 15.8. The monoisotopic (exact) mass is 636 g/mol. The van der Waals surface area contributed by atoms with Gasteiger partial charge in [0.05, 0.1) is 59.1 Å². The molecule has 6 unspecified atom stereocenters. The number of hydrogen-bond acceptors (Lipinski definition) is 5. The van der Waals surface area contributed by atoms with E-state index in [2.05, 4.69) is 114 Å². The standard InChI is InChI=1S/C43H36N6/c1-27-8-5-14-40-41(27)35-21-29(23-45)15-17-38(35)48(40)26-36-30(24-46)9-6-11-32(36)33-12-7-10-31(25-47)42(33)49-39-18-16-28(22-44)20-34(39)37-13-3-4-19-43(37,49)2/h3-6,9-11,13-20,27,29,34,37,39H,7-8,12,21,26H2,1-2H3. The zero-order chi connectivity index (χ0) is 33.9. The highest BCUT2D eigenvalue weighted by Crippen LogP contribution is 2.54. The molecule has 238 valence electrons. The van der Waals surface area contributed by atoms with E-state index >= 15 is 0 Å². The second-order valence-corrected chi connectivity index (χ2v) is 14.2. The van der Waals surface area contributed by atoms with E-state index in [9.17, 15) is 21.0 Å². The molecule has 0 radical (unpaired) electrons. The first-order valence-corrected chi connectivity index (χ1v) is 17.2. The molecule has 1 saturated heterocycles. The molecule has 6 heteroatoms. The molecule has 0 saturated carbocycles. The van der Waals surface area contributed by atoms with Crippen molar-refractivity contribution < 1.29 is 0 Å². The molecular weight excluding hydrogens is 601 g/mol. The minimum Gasteiger partial charge on any atom is -0.354 e. The number of aromatic nitrogens is 1. The summed E-state index contributed by atoms with van der Waals surface area (Å²) in [6.07, 6.45) is 28.6. The number of likely N-dealkylation sites (tertiary alicyclic amines) is 1. The fourth-order valence-corrected chi connectivity index (χ4v) is 9.35. The van der Waals surface area contributed by atoms with Gasteiger partial charge in [0.25, 0.3) is 0 Å². The summed E-state index contributed by atoms with van der Waals surface area (Å²) in [4.78, 5) is 2.43. The van der Waals surface area contributed by atoms with Crippen LogP contribution in [0.1, 0.15) is 78.2 Å². The van der Waals surface area contributed by atoms with Crippen LogP contribution in [0.5, 0.6) is 0 Å². The van der Waals surface area contributed by atoms with Gasteiger partial charge in [-0.15, -0.1) is 0 Å². The van der Waals surface area contributed by atoms with Crippen LogP contribution < -0.4 is 0 Å². The third-order valence-corrected chi connectivity index (χ3v) is 11.5. The number of allylic oxidation sites excluding steroid dienone is 9. The van der Waals surface area contributed by atoms with Crippen LogP contribution in [0, 0.1) is 63.1 Å². The molecule has 0 bridgehead atoms. The Morgan fingerprint density at radius 2 is 1.84 bits per heavy atom. The van der Waals surface area contributed by atoms with Gasteiger partial charge in [-0.2, -0.15) is 21.0 Å². The first kappa shape index (κ1) is 30.5. The fraction of sp³-hybridized carbons (Fsp3) is 0.302. The van der Waals surface area contributed by atoms with Crippen molar-refractivity contribution in [1.82, 2.24) is 9.47 Å². The molecule has 1 fully saturated rings. The summed E-state index contributed by atoms with van der Waals surface area (Å²) in [6.45, 7) is 5.01. The first-order valence-electron chi connectivity index (χ1n) is 17.2. The number of nitriles is 4. The van der Waals surface area contributed by atoms with Crippen molar-refractivity contribution in [2.75, 3.05) is 0 Å². The second-order valence-electron chi connectivity index (χ2n) is 14.2. The van der Waals surface area contributed by atoms with Gasteiger partial charge in [-0.3, -0.25) is 0 Å². The Morgan fingerprint density at radius 1 is 0.959 bits per heavy atom. The summed E-state index contributed by atoms with van der Waals surface area (Å²) >= 11 is 0. The minimum absolute atomic E-state index is 0.0460. The van der Waals surface area contributed by atoms with Gasteiger partial charge in [0.2, 0.25) is 0 Å². The van der Waals surface area contributed by atoms with Gasteiger partial charge in [-0.1, -0.05) is 73.7 Å². The number of rotatable bonds is 4. The Labute approximate surface area is 288 Å². The van der Waals surface area contributed by atoms with Gasteiger partial charge >= 0.3 is 0 Å². The van der Waals surface area contributed by atoms with Crippen LogP contribution in [0.25, 0.3) is 17.7 Å². The van der Waals surface area contributed by atoms with Crippen molar-refractivity contribution in [3.05, 3.63) is 135 Å². The van der Waals surface area contributed by atoms with Crippen molar-refractivity contribution in [2.24, 2.45) is 17.8 Å². The molecule has 2 aromatic rings. The maximum atomic E-state index is 10.7. The van der Waals surface area contributed by atoms with Crippen LogP contribution in [0.15, 0.2) is 95.8 Å². The molecule has 6 nitrogen and oxygen atoms in total. The zero-order valence-electron chi connectivity index (χ0n) is 27.8. The molecule has 1 aromatic heterocycles. The molecule has 8 rings (SSSR count). The molecule has 6 aliphatic rings. The normalized spacial score (nSPS) is 28.7. The molecule has 1 aliphatic heterocycles. The molecular formula is C43H36N6. The second kappa shape index (κ2) is 11.7. The van der Waals surface area contributed by atoms with Crippen LogP contribution in [-0.2, 0) is 13.0 Å². The Bertz CT molecular complexity index is 2220. The minimum atomic E-state index is -0.432. The van der Waals surface area contributed by atoms with E-state index in [1.54, 1.807) is 0 Å². The van der Waals surface area contributed by atoms with E-state index in [-0.39, 0.29) is 23.8 Å². The Balaban J connectivity index is 1.34. The van der Waals surface area contributed by atoms with E-state index < -0.39 is 5.54 Å². The highest BCUT2D eigenvalue weighted by Gasteiger charge is 2.55. The van der Waals surface area contributed by atoms with Gasteiger partial charge in [-0.25, -0.2) is 0 Å². The average Bonchev–Trinajstić information content (AvgIpc) is 3.59. The Hall–Kier alpha value is -5.82. The molecule has 0 spiro atoms. The molecule has 49 heavy (non-hydrogen) atoms. The van der Waals surface area contributed by atoms with Crippen LogP contribution in [-0.4, -0.2) is 21.0 Å². The van der Waals surface area contributed by atoms with Crippen LogP contribution in [0.3, 0.4) is 0 Å². The van der Waals surface area contributed by atoms with Crippen LogP contribution in [0.2, 0.25) is 0 Å². The lowest BCUT2D eigenvalue weighted by Crippen LogP contribution is -2.46. The summed E-state index contributed by atoms with van der Waals surface area (Å²) in [5.74, 6) is 0.384. The van der Waals surface area contributed by atoms with Crippen molar-refractivity contribution in [2.45, 2.75) is 63.6 Å². The Morgan fingerprint density at radius 3 is 2.63 bits per heavy atom. The summed E-state index contributed by atoms with van der Waals surface area (Å²) in [5.41, 5.74) is 10.3. The van der Waals surface area contributed by atoms with Gasteiger partial charge in [0, 0.05) is 28.8 Å². The Kier molecular flexibility index (Phi) is 7.29. The lowest BCUT2D eigenvalue weighted by atomic mass is 9.75. The van der Waals surface area contributed by atoms with E-state index in [1.165, 1.54) is 11.1 Å². The van der Waals surface area contributed by atoms with Crippen molar-refractivity contribution >= 4 is 17.7 Å². The molecule has 5 aliphatic carbocycles. The van der Waals surface area contributed by atoms with Crippen molar-refractivity contribution in [1.29, 1.82) is 21.0 Å². The van der Waals surface area contributed by atoms with Crippen LogP contribution >= 0.6 is 0 Å². The topological polar surface area (TPSA) is 103 Å². The lowest BCUT2D eigenvalue weighted by Gasteiger charge is -2.44. The van der Waals surface area contributed by atoms with Gasteiger partial charge in [0.15, 0.2) is 0 Å². The summed E-state index contributed by atoms with van der Waals surface area (Å²) in [7, 11) is 0. The predicted octanol–water partition coefficient (Wildman–Crippen LogP) is 8.41. The number of nitrogens with zero attached hydrogens (tertiary/aromatic N) is 6. The van der Waals surface area contributed by atoms with Gasteiger partial charge in [-0.05, 0) is 90.6 Å². The van der Waals surface area contributed by atoms with E-state index in [0.717, 1.165) is 53.0 Å². The largest absolute Gasteiger partial charge is 0.354 e. The third kappa shape index (κ3) is 4.56. The number of fused-ring (bicyclic) bond motifs is 6. The zero-order valence-corrected chi connectivity index (χ0v) is 27.8. The molecule has 0 amide bonds. The summed E-state index contributed by atoms with van der Waals surface area (Å²) < 4.78 is 2.35. The van der Waals surface area contributed by atoms with Gasteiger partial charge in [0.1, 0.15) is 6.07 Å². The van der Waals surface area contributed by atoms with Crippen molar-refractivity contribution in [3.63, 3.8) is 0 Å². The van der Waals surface area contributed by atoms with E-state index in [0.29, 0.717) is 35.6 Å². The maximum absolute atomic E-state index is 10.7. The molecule has 2 heterocycles. The quantitative estimate of drug-likeness (QED) is 0.335. The van der Waals surface area contributed by atoms with E-state index in [4.69, 9.17) is 0 Å². The smallest absolute Gasteiger partial charge is 0.101 e. The van der Waals surface area contributed by atoms with Crippen LogP contribution in [0.4, 0.5) is 0 Å². The van der Waals surface area contributed by atoms with Crippen molar-refractivity contribution in [3.8, 4) is 24.3 Å². The average molecular weight is 637 g/mol. The fourth-order valence-electron chi connectivity index (χ4n) is 9.35. The first-order chi connectivity index (χ1) is 23.9. The molecule has 6 atom stereocenters. The number of hydrogen-bond donors (Lipinski definition) is 0. The molecule has 1 aromatic carbocycles. The summed E-state index contributed by atoms with van der Waals surface area (Å²) in [5, 5.41) is 40.8. The predicted molar refractivity (Wildman–Crippen MR) is 191 cm³/mol. The van der Waals surface area contributed by atoms with E-state index in [1.807, 2.05) is 24.3 Å². The SMILES string of the molecule is CC1CC=Cc2c1c1c(n2Cc2c(C#N)cccc2C2=C(N3C4C=CC(C#N)=CC4C4C=CC=CC43C)C(C#N)=CCC2)C=CC(C#N)C1.